The van der Waals surface area contributed by atoms with E-state index >= 15 is 0 Å². The van der Waals surface area contributed by atoms with E-state index < -0.39 is 0 Å². The zero-order valence-electron chi connectivity index (χ0n) is 16.1. The van der Waals surface area contributed by atoms with Crippen LogP contribution in [0.2, 0.25) is 0 Å². The number of hydrogen-bond acceptors (Lipinski definition) is 5. The van der Waals surface area contributed by atoms with E-state index in [4.69, 9.17) is 4.74 Å². The molecule has 0 radical (unpaired) electrons. The van der Waals surface area contributed by atoms with Gasteiger partial charge in [0.25, 0.3) is 5.56 Å². The van der Waals surface area contributed by atoms with Crippen molar-refractivity contribution in [2.75, 3.05) is 30.4 Å². The van der Waals surface area contributed by atoms with E-state index in [0.29, 0.717) is 11.6 Å². The number of nitrogens with one attached hydrogen (secondary N) is 1. The van der Waals surface area contributed by atoms with Crippen LogP contribution < -0.4 is 15.8 Å². The minimum Gasteiger partial charge on any atom is -0.378 e. The van der Waals surface area contributed by atoms with Gasteiger partial charge in [-0.05, 0) is 38.3 Å². The molecule has 0 unspecified atom stereocenters. The lowest BCUT2D eigenvalue weighted by atomic mass is 10.1. The smallest absolute Gasteiger partial charge is 0.255 e. The molecule has 2 heterocycles. The fraction of sp³-hybridized carbons (Fsp3) is 0.450. The van der Waals surface area contributed by atoms with Crippen molar-refractivity contribution in [2.24, 2.45) is 0 Å². The highest BCUT2D eigenvalue weighted by atomic mass is 16.5. The van der Waals surface area contributed by atoms with Gasteiger partial charge in [-0.1, -0.05) is 17.7 Å². The Morgan fingerprint density at radius 1 is 1.22 bits per heavy atom. The van der Waals surface area contributed by atoms with Crippen LogP contribution in [0.1, 0.15) is 29.7 Å². The number of ether oxygens (including phenoxy) is 1. The molecule has 1 aliphatic rings. The second kappa shape index (κ2) is 8.35. The van der Waals surface area contributed by atoms with Crippen molar-refractivity contribution in [3.8, 4) is 0 Å². The monoisotopic (exact) mass is 370 g/mol. The molecule has 1 N–H and O–H groups in total. The Kier molecular flexibility index (Phi) is 5.91. The molecule has 1 aliphatic heterocycles. The summed E-state index contributed by atoms with van der Waals surface area (Å²) in [6.07, 6.45) is 2.11. The summed E-state index contributed by atoms with van der Waals surface area (Å²) in [6, 6.07) is 7.28. The summed E-state index contributed by atoms with van der Waals surface area (Å²) in [5, 5.41) is 2.90. The summed E-state index contributed by atoms with van der Waals surface area (Å²) < 4.78 is 6.56. The predicted molar refractivity (Wildman–Crippen MR) is 105 cm³/mol. The summed E-state index contributed by atoms with van der Waals surface area (Å²) >= 11 is 0. The second-order valence-electron chi connectivity index (χ2n) is 6.97. The SMILES string of the molecule is COCc1cc(=O)n(CC(=O)Nc2ccc(C)cc2C)c(N2CCCC2)n1. The number of benzene rings is 1. The molecular formula is C20H26N4O3. The number of nitrogens with zero attached hydrogens (tertiary/aromatic N) is 3. The van der Waals surface area contributed by atoms with Crippen molar-refractivity contribution in [1.29, 1.82) is 0 Å². The third-order valence-corrected chi connectivity index (χ3v) is 4.68. The number of carbonyl (C=O) groups is 1. The van der Waals surface area contributed by atoms with Gasteiger partial charge in [0, 0.05) is 32.0 Å². The van der Waals surface area contributed by atoms with E-state index in [0.717, 1.165) is 42.7 Å². The molecule has 0 aliphatic carbocycles. The Morgan fingerprint density at radius 3 is 2.63 bits per heavy atom. The van der Waals surface area contributed by atoms with Crippen molar-refractivity contribution < 1.29 is 9.53 Å². The zero-order chi connectivity index (χ0) is 19.4. The average molecular weight is 370 g/mol. The maximum Gasteiger partial charge on any atom is 0.255 e. The highest BCUT2D eigenvalue weighted by Crippen LogP contribution is 2.19. The molecule has 7 heteroatoms. The maximum absolute atomic E-state index is 12.7. The fourth-order valence-corrected chi connectivity index (χ4v) is 3.36. The molecule has 3 rings (SSSR count). The first-order valence-corrected chi connectivity index (χ1v) is 9.19. The number of aryl methyl sites for hydroxylation is 2. The zero-order valence-corrected chi connectivity index (χ0v) is 16.1. The number of rotatable bonds is 6. The van der Waals surface area contributed by atoms with Gasteiger partial charge in [0.1, 0.15) is 6.54 Å². The lowest BCUT2D eigenvalue weighted by Gasteiger charge is -2.22. The normalized spacial score (nSPS) is 13.8. The molecule has 27 heavy (non-hydrogen) atoms. The molecule has 0 atom stereocenters. The number of anilines is 2. The Balaban J connectivity index is 1.86. The molecule has 7 nitrogen and oxygen atoms in total. The van der Waals surface area contributed by atoms with Gasteiger partial charge < -0.3 is 15.0 Å². The van der Waals surface area contributed by atoms with Gasteiger partial charge in [-0.25, -0.2) is 4.98 Å². The van der Waals surface area contributed by atoms with Crippen LogP contribution in [0, 0.1) is 13.8 Å². The lowest BCUT2D eigenvalue weighted by molar-refractivity contribution is -0.116. The van der Waals surface area contributed by atoms with E-state index in [2.05, 4.69) is 15.2 Å². The minimum atomic E-state index is -0.245. The first-order chi connectivity index (χ1) is 13.0. The maximum atomic E-state index is 12.7. The van der Waals surface area contributed by atoms with Crippen LogP contribution in [0.25, 0.3) is 0 Å². The summed E-state index contributed by atoms with van der Waals surface area (Å²) in [4.78, 5) is 31.9. The summed E-state index contributed by atoms with van der Waals surface area (Å²) in [7, 11) is 1.57. The topological polar surface area (TPSA) is 76.5 Å². The fourth-order valence-electron chi connectivity index (χ4n) is 3.36. The quantitative estimate of drug-likeness (QED) is 0.844. The van der Waals surface area contributed by atoms with Crippen LogP contribution in [0.15, 0.2) is 29.1 Å². The number of carbonyl (C=O) groups excluding carboxylic acids is 1. The van der Waals surface area contributed by atoms with Crippen LogP contribution in [0.4, 0.5) is 11.6 Å². The van der Waals surface area contributed by atoms with Crippen molar-refractivity contribution in [3.63, 3.8) is 0 Å². The molecule has 1 amide bonds. The predicted octanol–water partition coefficient (Wildman–Crippen LogP) is 2.25. The largest absolute Gasteiger partial charge is 0.378 e. The van der Waals surface area contributed by atoms with E-state index in [-0.39, 0.29) is 24.6 Å². The molecule has 1 aromatic heterocycles. The van der Waals surface area contributed by atoms with Crippen LogP contribution in [0.5, 0.6) is 0 Å². The molecule has 2 aromatic rings. The van der Waals surface area contributed by atoms with Gasteiger partial charge in [-0.3, -0.25) is 14.2 Å². The summed E-state index contributed by atoms with van der Waals surface area (Å²) in [5.74, 6) is 0.300. The van der Waals surface area contributed by atoms with Crippen molar-refractivity contribution >= 4 is 17.5 Å². The van der Waals surface area contributed by atoms with Gasteiger partial charge in [0.2, 0.25) is 11.9 Å². The Morgan fingerprint density at radius 2 is 1.96 bits per heavy atom. The van der Waals surface area contributed by atoms with Crippen LogP contribution in [0.3, 0.4) is 0 Å². The molecule has 144 valence electrons. The van der Waals surface area contributed by atoms with Crippen LogP contribution in [-0.4, -0.2) is 35.7 Å². The van der Waals surface area contributed by atoms with Gasteiger partial charge in [-0.2, -0.15) is 0 Å². The second-order valence-corrected chi connectivity index (χ2v) is 6.97. The summed E-state index contributed by atoms with van der Waals surface area (Å²) in [6.45, 7) is 5.83. The minimum absolute atomic E-state index is 0.0712. The Labute approximate surface area is 159 Å². The van der Waals surface area contributed by atoms with Crippen LogP contribution in [-0.2, 0) is 22.7 Å². The van der Waals surface area contributed by atoms with Gasteiger partial charge in [0.15, 0.2) is 0 Å². The molecule has 1 fully saturated rings. The van der Waals surface area contributed by atoms with Gasteiger partial charge in [0.05, 0.1) is 12.3 Å². The van der Waals surface area contributed by atoms with E-state index in [9.17, 15) is 9.59 Å². The van der Waals surface area contributed by atoms with Crippen molar-refractivity contribution in [1.82, 2.24) is 9.55 Å². The lowest BCUT2D eigenvalue weighted by Crippen LogP contribution is -2.35. The third-order valence-electron chi connectivity index (χ3n) is 4.68. The molecule has 1 aromatic carbocycles. The van der Waals surface area contributed by atoms with Gasteiger partial charge in [-0.15, -0.1) is 0 Å². The number of amides is 1. The molecule has 1 saturated heterocycles. The van der Waals surface area contributed by atoms with Crippen molar-refractivity contribution in [3.05, 3.63) is 51.4 Å². The number of methoxy groups -OCH3 is 1. The third kappa shape index (κ3) is 4.54. The average Bonchev–Trinajstić information content (AvgIpc) is 3.14. The Bertz CT molecular complexity index is 885. The standard InChI is InChI=1S/C20H26N4O3/c1-14-6-7-17(15(2)10-14)22-18(25)12-24-19(26)11-16(13-27-3)21-20(24)23-8-4-5-9-23/h6-7,10-11H,4-5,8-9,12-13H2,1-3H3,(H,22,25). The molecule has 0 bridgehead atoms. The van der Waals surface area contributed by atoms with Gasteiger partial charge >= 0.3 is 0 Å². The highest BCUT2D eigenvalue weighted by molar-refractivity contribution is 5.91. The van der Waals surface area contributed by atoms with Crippen LogP contribution >= 0.6 is 0 Å². The molecule has 0 saturated carbocycles. The highest BCUT2D eigenvalue weighted by Gasteiger charge is 2.21. The Hall–Kier alpha value is -2.67. The van der Waals surface area contributed by atoms with E-state index in [1.165, 1.54) is 10.6 Å². The van der Waals surface area contributed by atoms with Crippen molar-refractivity contribution in [2.45, 2.75) is 39.8 Å². The molecule has 0 spiro atoms. The van der Waals surface area contributed by atoms with E-state index in [1.807, 2.05) is 32.0 Å². The summed E-state index contributed by atoms with van der Waals surface area (Å²) in [5.41, 5.74) is 3.22. The number of hydrogen-bond donors (Lipinski definition) is 1. The first kappa shape index (κ1) is 19.1. The first-order valence-electron chi connectivity index (χ1n) is 9.19. The molecular weight excluding hydrogens is 344 g/mol. The number of aromatic nitrogens is 2. The van der Waals surface area contributed by atoms with E-state index in [1.54, 1.807) is 7.11 Å².